The van der Waals surface area contributed by atoms with Gasteiger partial charge in [0.25, 0.3) is 11.1 Å². The molecular formula is C24H21N3O5S. The van der Waals surface area contributed by atoms with Crippen LogP contribution < -0.4 is 5.32 Å². The molecule has 0 aliphatic carbocycles. The quantitative estimate of drug-likeness (QED) is 0.441. The smallest absolute Gasteiger partial charge is 0.325 e. The zero-order valence-electron chi connectivity index (χ0n) is 18.0. The molecule has 0 saturated carbocycles. The molecule has 4 rings (SSSR count). The van der Waals surface area contributed by atoms with Gasteiger partial charge in [0, 0.05) is 28.4 Å². The standard InChI is InChI=1S/C24H21N3O5S/c1-15-7-9-17(10-8-15)25-21(28)13-26-12-16(18-5-3-4-6-19(18)26)11-20-23(30)27(24(31)33-20)14-22(29)32-2/h3-12H,13-14H2,1-2H3,(H,25,28)/b20-11+. The Morgan fingerprint density at radius 3 is 2.52 bits per heavy atom. The highest BCUT2D eigenvalue weighted by Crippen LogP contribution is 2.34. The van der Waals surface area contributed by atoms with Crippen molar-refractivity contribution in [3.05, 3.63) is 70.8 Å². The number of amides is 3. The summed E-state index contributed by atoms with van der Waals surface area (Å²) in [6, 6.07) is 15.0. The van der Waals surface area contributed by atoms with Crippen LogP contribution in [0.1, 0.15) is 11.1 Å². The minimum atomic E-state index is -0.672. The largest absolute Gasteiger partial charge is 0.468 e. The number of nitrogens with zero attached hydrogens (tertiary/aromatic N) is 2. The number of carbonyl (C=O) groups excluding carboxylic acids is 4. The third-order valence-electron chi connectivity index (χ3n) is 5.14. The summed E-state index contributed by atoms with van der Waals surface area (Å²) >= 11 is 0.766. The van der Waals surface area contributed by atoms with Crippen LogP contribution in [-0.4, -0.2) is 46.1 Å². The lowest BCUT2D eigenvalue weighted by atomic mass is 10.1. The van der Waals surface area contributed by atoms with E-state index in [0.717, 1.165) is 33.1 Å². The molecule has 2 heterocycles. The summed E-state index contributed by atoms with van der Waals surface area (Å²) in [5.74, 6) is -1.41. The molecule has 0 spiro atoms. The summed E-state index contributed by atoms with van der Waals surface area (Å²) in [5.41, 5.74) is 3.32. The van der Waals surface area contributed by atoms with Gasteiger partial charge in [0.15, 0.2) is 0 Å². The van der Waals surface area contributed by atoms with Crippen LogP contribution in [0.4, 0.5) is 10.5 Å². The van der Waals surface area contributed by atoms with E-state index in [9.17, 15) is 19.2 Å². The molecule has 3 aromatic rings. The van der Waals surface area contributed by atoms with Crippen molar-refractivity contribution in [1.82, 2.24) is 9.47 Å². The van der Waals surface area contributed by atoms with Crippen LogP contribution in [0.25, 0.3) is 17.0 Å². The molecule has 9 heteroatoms. The SMILES string of the molecule is COC(=O)CN1C(=O)S/C(=C/c2cn(CC(=O)Nc3ccc(C)cc3)c3ccccc23)C1=O. The molecule has 33 heavy (non-hydrogen) atoms. The molecule has 1 fully saturated rings. The minimum Gasteiger partial charge on any atom is -0.468 e. The van der Waals surface area contributed by atoms with Gasteiger partial charge in [0.1, 0.15) is 13.1 Å². The van der Waals surface area contributed by atoms with Gasteiger partial charge >= 0.3 is 5.97 Å². The fourth-order valence-corrected chi connectivity index (χ4v) is 4.31. The monoisotopic (exact) mass is 463 g/mol. The number of hydrogen-bond donors (Lipinski definition) is 1. The second-order valence-electron chi connectivity index (χ2n) is 7.49. The predicted octanol–water partition coefficient (Wildman–Crippen LogP) is 3.80. The number of esters is 1. The highest BCUT2D eigenvalue weighted by atomic mass is 32.2. The number of aryl methyl sites for hydroxylation is 1. The first-order chi connectivity index (χ1) is 15.9. The average molecular weight is 464 g/mol. The third kappa shape index (κ3) is 4.83. The normalized spacial score (nSPS) is 14.8. The molecule has 1 saturated heterocycles. The van der Waals surface area contributed by atoms with Crippen molar-refractivity contribution in [2.75, 3.05) is 19.0 Å². The summed E-state index contributed by atoms with van der Waals surface area (Å²) in [7, 11) is 1.20. The van der Waals surface area contributed by atoms with Crippen molar-refractivity contribution in [1.29, 1.82) is 0 Å². The van der Waals surface area contributed by atoms with Gasteiger partial charge in [0.05, 0.1) is 12.0 Å². The number of aromatic nitrogens is 1. The van der Waals surface area contributed by atoms with Gasteiger partial charge < -0.3 is 14.6 Å². The van der Waals surface area contributed by atoms with Gasteiger partial charge in [-0.2, -0.15) is 0 Å². The number of anilines is 1. The van der Waals surface area contributed by atoms with E-state index in [1.807, 2.05) is 55.5 Å². The Labute approximate surface area is 194 Å². The van der Waals surface area contributed by atoms with E-state index < -0.39 is 23.7 Å². The predicted molar refractivity (Wildman–Crippen MR) is 126 cm³/mol. The fourth-order valence-electron chi connectivity index (χ4n) is 3.48. The molecule has 168 valence electrons. The zero-order chi connectivity index (χ0) is 23.5. The van der Waals surface area contributed by atoms with Gasteiger partial charge in [-0.1, -0.05) is 35.9 Å². The molecule has 0 unspecified atom stereocenters. The molecule has 0 atom stereocenters. The topological polar surface area (TPSA) is 97.7 Å². The molecule has 2 aromatic carbocycles. The summed E-state index contributed by atoms with van der Waals surface area (Å²) in [4.78, 5) is 50.1. The Morgan fingerprint density at radius 1 is 1.06 bits per heavy atom. The second-order valence-corrected chi connectivity index (χ2v) is 8.48. The van der Waals surface area contributed by atoms with E-state index in [-0.39, 0.29) is 17.4 Å². The van der Waals surface area contributed by atoms with Gasteiger partial charge in [-0.25, -0.2) is 0 Å². The van der Waals surface area contributed by atoms with Crippen LogP contribution in [-0.2, 0) is 25.7 Å². The lowest BCUT2D eigenvalue weighted by Gasteiger charge is -2.09. The molecule has 0 bridgehead atoms. The highest BCUT2D eigenvalue weighted by molar-refractivity contribution is 8.18. The van der Waals surface area contributed by atoms with Crippen LogP contribution in [0.3, 0.4) is 0 Å². The van der Waals surface area contributed by atoms with Crippen LogP contribution in [0.5, 0.6) is 0 Å². The lowest BCUT2D eigenvalue weighted by Crippen LogP contribution is -2.34. The molecule has 1 aliphatic heterocycles. The van der Waals surface area contributed by atoms with Crippen LogP contribution in [0.2, 0.25) is 0 Å². The first-order valence-corrected chi connectivity index (χ1v) is 10.9. The van der Waals surface area contributed by atoms with Gasteiger partial charge in [-0.3, -0.25) is 24.1 Å². The van der Waals surface area contributed by atoms with Gasteiger partial charge in [-0.05, 0) is 43.0 Å². The molecule has 8 nitrogen and oxygen atoms in total. The van der Waals surface area contributed by atoms with E-state index in [1.54, 1.807) is 16.8 Å². The maximum Gasteiger partial charge on any atom is 0.325 e. The van der Waals surface area contributed by atoms with Crippen molar-refractivity contribution in [3.63, 3.8) is 0 Å². The fraction of sp³-hybridized carbons (Fsp3) is 0.167. The molecule has 0 radical (unpaired) electrons. The zero-order valence-corrected chi connectivity index (χ0v) is 18.8. The van der Waals surface area contributed by atoms with Gasteiger partial charge in [0.2, 0.25) is 5.91 Å². The van der Waals surface area contributed by atoms with Crippen LogP contribution in [0, 0.1) is 6.92 Å². The maximum atomic E-state index is 12.7. The number of hydrogen-bond acceptors (Lipinski definition) is 6. The van der Waals surface area contributed by atoms with Crippen molar-refractivity contribution in [2.45, 2.75) is 13.5 Å². The Bertz CT molecular complexity index is 1290. The summed E-state index contributed by atoms with van der Waals surface area (Å²) in [6.07, 6.45) is 3.38. The Morgan fingerprint density at radius 2 is 1.79 bits per heavy atom. The lowest BCUT2D eigenvalue weighted by molar-refractivity contribution is -0.143. The number of para-hydroxylation sites is 1. The molecule has 1 aliphatic rings. The number of ether oxygens (including phenoxy) is 1. The first-order valence-electron chi connectivity index (χ1n) is 10.1. The number of carbonyl (C=O) groups is 4. The molecule has 1 N–H and O–H groups in total. The number of nitrogens with one attached hydrogen (secondary N) is 1. The second kappa shape index (κ2) is 9.33. The van der Waals surface area contributed by atoms with E-state index >= 15 is 0 Å². The van der Waals surface area contributed by atoms with Crippen molar-refractivity contribution < 1.29 is 23.9 Å². The van der Waals surface area contributed by atoms with E-state index in [4.69, 9.17) is 0 Å². The number of imide groups is 1. The van der Waals surface area contributed by atoms with Crippen LogP contribution in [0.15, 0.2) is 59.6 Å². The number of rotatable bonds is 6. The average Bonchev–Trinajstić information content (AvgIpc) is 3.27. The first kappa shape index (κ1) is 22.3. The van der Waals surface area contributed by atoms with E-state index in [0.29, 0.717) is 11.3 Å². The molecular weight excluding hydrogens is 442 g/mol. The summed E-state index contributed by atoms with van der Waals surface area (Å²) in [6.45, 7) is 1.62. The Balaban J connectivity index is 1.59. The van der Waals surface area contributed by atoms with Gasteiger partial charge in [-0.15, -0.1) is 0 Å². The number of thioether (sulfide) groups is 1. The van der Waals surface area contributed by atoms with Crippen LogP contribution >= 0.6 is 11.8 Å². The number of methoxy groups -OCH3 is 1. The third-order valence-corrected chi connectivity index (χ3v) is 6.05. The number of benzene rings is 2. The highest BCUT2D eigenvalue weighted by Gasteiger charge is 2.36. The van der Waals surface area contributed by atoms with Crippen molar-refractivity contribution >= 4 is 57.5 Å². The minimum absolute atomic E-state index is 0.0754. The molecule has 1 aromatic heterocycles. The maximum absolute atomic E-state index is 12.7. The molecule has 3 amide bonds. The van der Waals surface area contributed by atoms with Crippen molar-refractivity contribution in [3.8, 4) is 0 Å². The van der Waals surface area contributed by atoms with E-state index in [1.165, 1.54) is 7.11 Å². The summed E-state index contributed by atoms with van der Waals surface area (Å²) < 4.78 is 6.35. The number of fused-ring (bicyclic) bond motifs is 1. The summed E-state index contributed by atoms with van der Waals surface area (Å²) in [5, 5.41) is 3.18. The Kier molecular flexibility index (Phi) is 6.32. The Hall–Kier alpha value is -3.85. The van der Waals surface area contributed by atoms with E-state index in [2.05, 4.69) is 10.1 Å². The van der Waals surface area contributed by atoms with Crippen molar-refractivity contribution in [2.24, 2.45) is 0 Å².